The van der Waals surface area contributed by atoms with Gasteiger partial charge in [0.25, 0.3) is 10.1 Å². The Morgan fingerprint density at radius 3 is 0.958 bits per heavy atom. The molecule has 0 amide bonds. The second kappa shape index (κ2) is 17.7. The molecule has 0 aromatic rings. The molecule has 0 rings (SSSR count). The van der Waals surface area contributed by atoms with Crippen molar-refractivity contribution in [2.45, 2.75) is 122 Å². The summed E-state index contributed by atoms with van der Waals surface area (Å²) < 4.78 is 31.3. The SMILES string of the molecule is CCCCCCCCCCCCCCCCCCCCS([O])(=O)=O. The molecule has 0 aromatic carbocycles. The van der Waals surface area contributed by atoms with E-state index in [-0.39, 0.29) is 5.75 Å². The Bertz CT molecular complexity index is 339. The topological polar surface area (TPSA) is 54.0 Å². The van der Waals surface area contributed by atoms with E-state index >= 15 is 0 Å². The average molecular weight is 362 g/mol. The van der Waals surface area contributed by atoms with Crippen molar-refractivity contribution in [2.75, 3.05) is 5.75 Å². The van der Waals surface area contributed by atoms with E-state index in [4.69, 9.17) is 0 Å². The molecular weight excluding hydrogens is 320 g/mol. The molecule has 0 bridgehead atoms. The summed E-state index contributed by atoms with van der Waals surface area (Å²) in [5.41, 5.74) is 0. The third kappa shape index (κ3) is 21.9. The maximum absolute atomic E-state index is 10.4. The summed E-state index contributed by atoms with van der Waals surface area (Å²) in [6, 6.07) is 0. The monoisotopic (exact) mass is 361 g/mol. The Morgan fingerprint density at radius 2 is 0.708 bits per heavy atom. The number of unbranched alkanes of at least 4 members (excludes halogenated alkanes) is 17. The van der Waals surface area contributed by atoms with Crippen LogP contribution in [0.2, 0.25) is 0 Å². The van der Waals surface area contributed by atoms with Crippen molar-refractivity contribution in [3.63, 3.8) is 0 Å². The molecule has 145 valence electrons. The highest BCUT2D eigenvalue weighted by atomic mass is 32.2. The van der Waals surface area contributed by atoms with E-state index in [9.17, 15) is 13.0 Å². The predicted octanol–water partition coefficient (Wildman–Crippen LogP) is 6.79. The fourth-order valence-electron chi connectivity index (χ4n) is 3.18. The van der Waals surface area contributed by atoms with Crippen LogP contribution in [0.4, 0.5) is 0 Å². The third-order valence-corrected chi connectivity index (χ3v) is 5.54. The van der Waals surface area contributed by atoms with Gasteiger partial charge in [-0.25, -0.2) is 0 Å². The Balaban J connectivity index is 3.03. The second-order valence-electron chi connectivity index (χ2n) is 7.27. The summed E-state index contributed by atoms with van der Waals surface area (Å²) in [4.78, 5) is 0. The Morgan fingerprint density at radius 1 is 0.458 bits per heavy atom. The van der Waals surface area contributed by atoms with Crippen LogP contribution in [0.3, 0.4) is 0 Å². The van der Waals surface area contributed by atoms with Crippen LogP contribution in [0.5, 0.6) is 0 Å². The first-order valence-corrected chi connectivity index (χ1v) is 12.1. The Kier molecular flexibility index (Phi) is 17.7. The molecule has 24 heavy (non-hydrogen) atoms. The maximum atomic E-state index is 10.4. The number of rotatable bonds is 19. The lowest BCUT2D eigenvalue weighted by Crippen LogP contribution is -2.01. The lowest BCUT2D eigenvalue weighted by Gasteiger charge is -2.03. The molecule has 4 heteroatoms. The molecule has 0 aliphatic carbocycles. The fourth-order valence-corrected chi connectivity index (χ4v) is 3.74. The van der Waals surface area contributed by atoms with Gasteiger partial charge in [-0.15, -0.1) is 0 Å². The van der Waals surface area contributed by atoms with E-state index in [1.54, 1.807) is 0 Å². The van der Waals surface area contributed by atoms with E-state index in [0.717, 1.165) is 12.8 Å². The molecule has 0 aliphatic heterocycles. The molecule has 0 saturated heterocycles. The van der Waals surface area contributed by atoms with Gasteiger partial charge in [0.2, 0.25) is 0 Å². The van der Waals surface area contributed by atoms with Gasteiger partial charge in [0.15, 0.2) is 0 Å². The third-order valence-electron chi connectivity index (χ3n) is 4.75. The van der Waals surface area contributed by atoms with Crippen LogP contribution in [0.15, 0.2) is 0 Å². The fraction of sp³-hybridized carbons (Fsp3) is 1.00. The van der Waals surface area contributed by atoms with E-state index in [1.165, 1.54) is 96.3 Å². The quantitative estimate of drug-likeness (QED) is 0.238. The molecule has 0 atom stereocenters. The van der Waals surface area contributed by atoms with Crippen molar-refractivity contribution in [3.05, 3.63) is 0 Å². The summed E-state index contributed by atoms with van der Waals surface area (Å²) >= 11 is 0. The van der Waals surface area contributed by atoms with Crippen molar-refractivity contribution in [3.8, 4) is 0 Å². The van der Waals surface area contributed by atoms with E-state index in [2.05, 4.69) is 6.92 Å². The van der Waals surface area contributed by atoms with Gasteiger partial charge < -0.3 is 0 Å². The second-order valence-corrected chi connectivity index (χ2v) is 8.80. The Hall–Kier alpha value is -0.0900. The van der Waals surface area contributed by atoms with Gasteiger partial charge in [0, 0.05) is 0 Å². The van der Waals surface area contributed by atoms with Crippen LogP contribution in [0.1, 0.15) is 122 Å². The first-order valence-electron chi connectivity index (χ1n) is 10.5. The highest BCUT2D eigenvalue weighted by Gasteiger charge is 2.05. The minimum Gasteiger partial charge on any atom is -0.197 e. The van der Waals surface area contributed by atoms with Gasteiger partial charge in [-0.2, -0.15) is 8.42 Å². The van der Waals surface area contributed by atoms with Crippen molar-refractivity contribution >= 4 is 10.1 Å². The van der Waals surface area contributed by atoms with Gasteiger partial charge in [0.05, 0.1) is 5.75 Å². The van der Waals surface area contributed by atoms with Crippen LogP contribution in [-0.2, 0) is 14.7 Å². The summed E-state index contributed by atoms with van der Waals surface area (Å²) in [6.45, 7) is 2.27. The first kappa shape index (κ1) is 23.9. The minimum absolute atomic E-state index is 0.189. The van der Waals surface area contributed by atoms with Gasteiger partial charge in [0.1, 0.15) is 0 Å². The standard InChI is InChI=1S/C20H41O3S/c1-2-3-4-5-6-7-8-9-10-11-12-13-14-15-16-17-18-19-20-24(21,22)23/h2-20H2,1H3. The van der Waals surface area contributed by atoms with Crippen LogP contribution in [0.25, 0.3) is 0 Å². The summed E-state index contributed by atoms with van der Waals surface area (Å²) in [5, 5.41) is 0. The van der Waals surface area contributed by atoms with Crippen LogP contribution in [0, 0.1) is 0 Å². The first-order chi connectivity index (χ1) is 11.6. The lowest BCUT2D eigenvalue weighted by atomic mass is 10.0. The predicted molar refractivity (Wildman–Crippen MR) is 103 cm³/mol. The zero-order chi connectivity index (χ0) is 17.9. The summed E-state index contributed by atoms with van der Waals surface area (Å²) in [5.74, 6) is -0.189. The molecule has 0 fully saturated rings. The summed E-state index contributed by atoms with van der Waals surface area (Å²) in [6.07, 6.45) is 23.0. The van der Waals surface area contributed by atoms with E-state index in [0.29, 0.717) is 6.42 Å². The van der Waals surface area contributed by atoms with Gasteiger partial charge >= 0.3 is 0 Å². The lowest BCUT2D eigenvalue weighted by molar-refractivity contribution is 0.412. The van der Waals surface area contributed by atoms with Crippen molar-refractivity contribution in [1.82, 2.24) is 0 Å². The summed E-state index contributed by atoms with van der Waals surface area (Å²) in [7, 11) is -4.00. The number of hydrogen-bond acceptors (Lipinski definition) is 2. The van der Waals surface area contributed by atoms with Crippen LogP contribution in [-0.4, -0.2) is 14.2 Å². The Labute approximate surface area is 151 Å². The van der Waals surface area contributed by atoms with E-state index in [1.807, 2.05) is 0 Å². The van der Waals surface area contributed by atoms with Gasteiger partial charge in [-0.05, 0) is 6.42 Å². The average Bonchev–Trinajstić information content (AvgIpc) is 2.52. The molecule has 0 saturated carbocycles. The smallest absolute Gasteiger partial charge is 0.197 e. The highest BCUT2D eigenvalue weighted by molar-refractivity contribution is 7.85. The molecule has 0 aromatic heterocycles. The van der Waals surface area contributed by atoms with Crippen LogP contribution >= 0.6 is 0 Å². The minimum atomic E-state index is -4.00. The zero-order valence-corrected chi connectivity index (χ0v) is 16.9. The molecule has 0 spiro atoms. The highest BCUT2D eigenvalue weighted by Crippen LogP contribution is 2.14. The molecule has 1 radical (unpaired) electrons. The molecule has 0 aliphatic rings. The molecule has 0 N–H and O–H groups in total. The van der Waals surface area contributed by atoms with Gasteiger partial charge in [-0.3, -0.25) is 0 Å². The number of hydrogen-bond donors (Lipinski definition) is 0. The largest absolute Gasteiger partial charge is 0.294 e. The zero-order valence-electron chi connectivity index (χ0n) is 16.1. The van der Waals surface area contributed by atoms with Crippen molar-refractivity contribution in [2.24, 2.45) is 0 Å². The van der Waals surface area contributed by atoms with Crippen molar-refractivity contribution < 1.29 is 13.0 Å². The van der Waals surface area contributed by atoms with Crippen molar-refractivity contribution in [1.29, 1.82) is 0 Å². The molecule has 3 nitrogen and oxygen atoms in total. The molecule has 0 heterocycles. The normalized spacial score (nSPS) is 11.9. The van der Waals surface area contributed by atoms with E-state index < -0.39 is 10.1 Å². The van der Waals surface area contributed by atoms with Crippen LogP contribution < -0.4 is 0 Å². The molecule has 0 unspecified atom stereocenters. The maximum Gasteiger partial charge on any atom is 0.294 e. The van der Waals surface area contributed by atoms with Gasteiger partial charge in [-0.1, -0.05) is 121 Å². The molecular formula is C20H41O3S.